The van der Waals surface area contributed by atoms with Crippen LogP contribution >= 0.6 is 11.8 Å². The minimum atomic E-state index is -0.150. The summed E-state index contributed by atoms with van der Waals surface area (Å²) in [5.41, 5.74) is 1.26. The topological polar surface area (TPSA) is 26.3 Å². The molecule has 0 unspecified atom stereocenters. The van der Waals surface area contributed by atoms with Crippen molar-refractivity contribution in [1.82, 2.24) is 0 Å². The van der Waals surface area contributed by atoms with Crippen molar-refractivity contribution >= 4 is 17.7 Å². The van der Waals surface area contributed by atoms with Crippen molar-refractivity contribution in [1.29, 1.82) is 0 Å². The summed E-state index contributed by atoms with van der Waals surface area (Å²) in [4.78, 5) is 11.5. The van der Waals surface area contributed by atoms with Crippen LogP contribution in [0.4, 0.5) is 0 Å². The van der Waals surface area contributed by atoms with Crippen LogP contribution < -0.4 is 4.74 Å². The monoisotopic (exact) mass is 252 g/mol. The van der Waals surface area contributed by atoms with E-state index in [1.165, 1.54) is 5.56 Å². The highest BCUT2D eigenvalue weighted by Gasteiger charge is 2.05. The van der Waals surface area contributed by atoms with Gasteiger partial charge in [-0.15, -0.1) is 0 Å². The number of carbonyl (C=O) groups is 1. The molecule has 0 aliphatic carbocycles. The molecule has 1 rings (SSSR count). The summed E-state index contributed by atoms with van der Waals surface area (Å²) in [5.74, 6) is 2.86. The van der Waals surface area contributed by atoms with Gasteiger partial charge in [-0.05, 0) is 29.4 Å². The Hall–Kier alpha value is -0.960. The SMILES string of the molecule is CCSCCC(=O)Oc1ccc(C(C)C)cc1. The van der Waals surface area contributed by atoms with Crippen molar-refractivity contribution in [3.05, 3.63) is 29.8 Å². The van der Waals surface area contributed by atoms with E-state index < -0.39 is 0 Å². The minimum absolute atomic E-state index is 0.150. The molecule has 0 spiro atoms. The van der Waals surface area contributed by atoms with Gasteiger partial charge in [-0.25, -0.2) is 0 Å². The smallest absolute Gasteiger partial charge is 0.312 e. The van der Waals surface area contributed by atoms with Crippen LogP contribution in [0.3, 0.4) is 0 Å². The van der Waals surface area contributed by atoms with Crippen molar-refractivity contribution in [2.75, 3.05) is 11.5 Å². The van der Waals surface area contributed by atoms with Gasteiger partial charge in [-0.3, -0.25) is 4.79 Å². The molecule has 0 heterocycles. The first-order valence-electron chi connectivity index (χ1n) is 6.02. The number of benzene rings is 1. The summed E-state index contributed by atoms with van der Waals surface area (Å²) < 4.78 is 5.24. The number of hydrogen-bond donors (Lipinski definition) is 0. The highest BCUT2D eigenvalue weighted by Crippen LogP contribution is 2.19. The molecule has 0 saturated carbocycles. The summed E-state index contributed by atoms with van der Waals surface area (Å²) in [6.45, 7) is 6.37. The summed E-state index contributed by atoms with van der Waals surface area (Å²) in [5, 5.41) is 0. The molecule has 0 N–H and O–H groups in total. The molecule has 17 heavy (non-hydrogen) atoms. The van der Waals surface area contributed by atoms with Gasteiger partial charge in [0.05, 0.1) is 6.42 Å². The molecule has 0 radical (unpaired) electrons. The lowest BCUT2D eigenvalue weighted by Crippen LogP contribution is -2.08. The van der Waals surface area contributed by atoms with E-state index in [4.69, 9.17) is 4.74 Å². The number of hydrogen-bond acceptors (Lipinski definition) is 3. The average Bonchev–Trinajstić information content (AvgIpc) is 2.30. The second kappa shape index (κ2) is 7.38. The maximum atomic E-state index is 11.5. The Kier molecular flexibility index (Phi) is 6.12. The Morgan fingerprint density at radius 3 is 2.47 bits per heavy atom. The molecule has 0 bridgehead atoms. The highest BCUT2D eigenvalue weighted by molar-refractivity contribution is 7.99. The Labute approximate surface area is 108 Å². The number of carbonyl (C=O) groups excluding carboxylic acids is 1. The van der Waals surface area contributed by atoms with Gasteiger partial charge in [-0.1, -0.05) is 32.9 Å². The number of ether oxygens (including phenoxy) is 1. The molecule has 1 aromatic rings. The fourth-order valence-corrected chi connectivity index (χ4v) is 2.00. The second-order valence-electron chi connectivity index (χ2n) is 4.14. The van der Waals surface area contributed by atoms with E-state index in [1.807, 2.05) is 24.3 Å². The van der Waals surface area contributed by atoms with Crippen molar-refractivity contribution in [3.8, 4) is 5.75 Å². The molecule has 2 nitrogen and oxygen atoms in total. The zero-order valence-electron chi connectivity index (χ0n) is 10.7. The van der Waals surface area contributed by atoms with Gasteiger partial charge < -0.3 is 4.74 Å². The van der Waals surface area contributed by atoms with Gasteiger partial charge in [-0.2, -0.15) is 11.8 Å². The third-order valence-corrected chi connectivity index (χ3v) is 3.33. The number of thioether (sulfide) groups is 1. The van der Waals surface area contributed by atoms with Crippen LogP contribution in [0.25, 0.3) is 0 Å². The van der Waals surface area contributed by atoms with E-state index >= 15 is 0 Å². The van der Waals surface area contributed by atoms with E-state index in [2.05, 4.69) is 20.8 Å². The molecule has 0 aliphatic rings. The summed E-state index contributed by atoms with van der Waals surface area (Å²) in [7, 11) is 0. The summed E-state index contributed by atoms with van der Waals surface area (Å²) in [6.07, 6.45) is 0.477. The molecule has 0 amide bonds. The van der Waals surface area contributed by atoms with Gasteiger partial charge >= 0.3 is 5.97 Å². The van der Waals surface area contributed by atoms with E-state index in [0.29, 0.717) is 18.1 Å². The van der Waals surface area contributed by atoms with E-state index in [9.17, 15) is 4.79 Å². The third-order valence-electron chi connectivity index (χ3n) is 2.43. The molecule has 0 atom stereocenters. The lowest BCUT2D eigenvalue weighted by atomic mass is 10.0. The zero-order valence-corrected chi connectivity index (χ0v) is 11.5. The normalized spacial score (nSPS) is 10.6. The van der Waals surface area contributed by atoms with Crippen LogP contribution in [-0.4, -0.2) is 17.5 Å². The predicted molar refractivity (Wildman–Crippen MR) is 73.8 cm³/mol. The molecular formula is C14H20O2S. The van der Waals surface area contributed by atoms with Crippen LogP contribution in [0.5, 0.6) is 5.75 Å². The molecule has 94 valence electrons. The fourth-order valence-electron chi connectivity index (χ4n) is 1.40. The largest absolute Gasteiger partial charge is 0.427 e. The number of rotatable bonds is 6. The van der Waals surface area contributed by atoms with Crippen molar-refractivity contribution in [2.45, 2.75) is 33.1 Å². The third kappa shape index (κ3) is 5.26. The van der Waals surface area contributed by atoms with Crippen molar-refractivity contribution < 1.29 is 9.53 Å². The lowest BCUT2D eigenvalue weighted by Gasteiger charge is -2.07. The average molecular weight is 252 g/mol. The predicted octanol–water partition coefficient (Wildman–Crippen LogP) is 3.86. The van der Waals surface area contributed by atoms with E-state index in [0.717, 1.165) is 11.5 Å². The molecule has 0 aliphatic heterocycles. The van der Waals surface area contributed by atoms with Gasteiger partial charge in [0, 0.05) is 5.75 Å². The Morgan fingerprint density at radius 2 is 1.94 bits per heavy atom. The van der Waals surface area contributed by atoms with Crippen LogP contribution in [0, 0.1) is 0 Å². The standard InChI is InChI=1S/C14H20O2S/c1-4-17-10-9-14(15)16-13-7-5-12(6-8-13)11(2)3/h5-8,11H,4,9-10H2,1-3H3. The quantitative estimate of drug-likeness (QED) is 0.437. The molecule has 3 heteroatoms. The van der Waals surface area contributed by atoms with Crippen LogP contribution in [0.1, 0.15) is 38.7 Å². The molecule has 0 saturated heterocycles. The van der Waals surface area contributed by atoms with Crippen LogP contribution in [0.2, 0.25) is 0 Å². The summed E-state index contributed by atoms with van der Waals surface area (Å²) in [6, 6.07) is 7.74. The zero-order chi connectivity index (χ0) is 12.7. The maximum absolute atomic E-state index is 11.5. The van der Waals surface area contributed by atoms with Crippen molar-refractivity contribution in [2.24, 2.45) is 0 Å². The van der Waals surface area contributed by atoms with Crippen molar-refractivity contribution in [3.63, 3.8) is 0 Å². The molecule has 0 fully saturated rings. The fraction of sp³-hybridized carbons (Fsp3) is 0.500. The van der Waals surface area contributed by atoms with Gasteiger partial charge in [0.2, 0.25) is 0 Å². The molecule has 1 aromatic carbocycles. The second-order valence-corrected chi connectivity index (χ2v) is 5.54. The summed E-state index contributed by atoms with van der Waals surface area (Å²) >= 11 is 1.75. The number of esters is 1. The molecule has 0 aromatic heterocycles. The Morgan fingerprint density at radius 1 is 1.29 bits per heavy atom. The van der Waals surface area contributed by atoms with Gasteiger partial charge in [0.1, 0.15) is 5.75 Å². The van der Waals surface area contributed by atoms with Crippen LogP contribution in [0.15, 0.2) is 24.3 Å². The van der Waals surface area contributed by atoms with Crippen LogP contribution in [-0.2, 0) is 4.79 Å². The van der Waals surface area contributed by atoms with Gasteiger partial charge in [0.25, 0.3) is 0 Å². The Balaban J connectivity index is 2.43. The van der Waals surface area contributed by atoms with E-state index in [1.54, 1.807) is 11.8 Å². The molecular weight excluding hydrogens is 232 g/mol. The first-order valence-corrected chi connectivity index (χ1v) is 7.17. The maximum Gasteiger partial charge on any atom is 0.312 e. The first kappa shape index (κ1) is 14.1. The minimum Gasteiger partial charge on any atom is -0.427 e. The van der Waals surface area contributed by atoms with E-state index in [-0.39, 0.29) is 5.97 Å². The lowest BCUT2D eigenvalue weighted by molar-refractivity contribution is -0.133. The highest BCUT2D eigenvalue weighted by atomic mass is 32.2. The van der Waals surface area contributed by atoms with Gasteiger partial charge in [0.15, 0.2) is 0 Å². The Bertz CT molecular complexity index is 344. The first-order chi connectivity index (χ1) is 8.13.